The lowest BCUT2D eigenvalue weighted by Crippen LogP contribution is -2.27. The highest BCUT2D eigenvalue weighted by atomic mass is 35.5. The van der Waals surface area contributed by atoms with E-state index in [2.05, 4.69) is 25.3 Å². The van der Waals surface area contributed by atoms with Gasteiger partial charge in [-0.3, -0.25) is 4.72 Å². The molecule has 0 aliphatic rings. The van der Waals surface area contributed by atoms with Gasteiger partial charge in [0.1, 0.15) is 10.7 Å². The minimum atomic E-state index is -4.23. The van der Waals surface area contributed by atoms with E-state index in [1.54, 1.807) is 24.4 Å². The number of rotatable bonds is 9. The molecular formula is C18H19ClF2N6O2S2. The van der Waals surface area contributed by atoms with Gasteiger partial charge in [-0.15, -0.1) is 11.3 Å². The monoisotopic (exact) mass is 488 g/mol. The lowest BCUT2D eigenvalue weighted by molar-refractivity contribution is 0.570. The highest BCUT2D eigenvalue weighted by Gasteiger charge is 2.23. The molecule has 166 valence electrons. The van der Waals surface area contributed by atoms with Crippen LogP contribution < -0.4 is 20.3 Å². The van der Waals surface area contributed by atoms with E-state index in [1.165, 1.54) is 18.5 Å². The molecule has 0 fully saturated rings. The molecule has 3 rings (SSSR count). The van der Waals surface area contributed by atoms with Crippen molar-refractivity contribution in [1.82, 2.24) is 15.3 Å². The summed E-state index contributed by atoms with van der Waals surface area (Å²) in [5.74, 6) is -1.69. The van der Waals surface area contributed by atoms with Crippen molar-refractivity contribution in [2.45, 2.75) is 4.90 Å². The molecule has 3 aromatic rings. The van der Waals surface area contributed by atoms with Crippen molar-refractivity contribution in [3.8, 4) is 0 Å². The molecule has 0 bridgehead atoms. The van der Waals surface area contributed by atoms with E-state index >= 15 is 0 Å². The smallest absolute Gasteiger partial charge is 0.266 e. The van der Waals surface area contributed by atoms with Gasteiger partial charge in [0, 0.05) is 43.8 Å². The van der Waals surface area contributed by atoms with Gasteiger partial charge >= 0.3 is 0 Å². The van der Waals surface area contributed by atoms with Crippen LogP contribution in [0, 0.1) is 11.8 Å². The molecular weight excluding hydrogens is 470 g/mol. The molecule has 0 saturated heterocycles. The summed E-state index contributed by atoms with van der Waals surface area (Å²) in [6.45, 7) is 1.21. The van der Waals surface area contributed by atoms with Gasteiger partial charge in [-0.25, -0.2) is 22.8 Å². The summed E-state index contributed by atoms with van der Waals surface area (Å²) in [6.07, 6.45) is 2.67. The molecule has 0 radical (unpaired) electrons. The third-order valence-corrected chi connectivity index (χ3v) is 6.68. The molecule has 2 aromatic heterocycles. The number of aromatic nitrogens is 2. The zero-order valence-corrected chi connectivity index (χ0v) is 18.9. The molecule has 0 unspecified atom stereocenters. The van der Waals surface area contributed by atoms with Gasteiger partial charge in [-0.05, 0) is 13.1 Å². The van der Waals surface area contributed by atoms with Crippen LogP contribution in [0.3, 0.4) is 0 Å². The van der Waals surface area contributed by atoms with Gasteiger partial charge in [0.25, 0.3) is 10.0 Å². The van der Waals surface area contributed by atoms with Crippen molar-refractivity contribution in [2.75, 3.05) is 42.1 Å². The third kappa shape index (κ3) is 5.58. The SMILES string of the molecule is CNCCN(C)c1cc(F)ncc1Nc1cc(F)c(S(=O)(=O)Nc2nccs2)cc1Cl. The summed E-state index contributed by atoms with van der Waals surface area (Å²) in [5, 5.41) is 7.53. The Morgan fingerprint density at radius 2 is 1.97 bits per heavy atom. The highest BCUT2D eigenvalue weighted by molar-refractivity contribution is 7.93. The van der Waals surface area contributed by atoms with Gasteiger partial charge in [0.2, 0.25) is 5.95 Å². The summed E-state index contributed by atoms with van der Waals surface area (Å²) in [7, 11) is -0.673. The van der Waals surface area contributed by atoms with Crippen LogP contribution in [0.4, 0.5) is 31.0 Å². The fourth-order valence-corrected chi connectivity index (χ4v) is 4.80. The van der Waals surface area contributed by atoms with Crippen molar-refractivity contribution in [3.63, 3.8) is 0 Å². The van der Waals surface area contributed by atoms with Crippen LogP contribution in [0.1, 0.15) is 0 Å². The quantitative estimate of drug-likeness (QED) is 0.395. The summed E-state index contributed by atoms with van der Waals surface area (Å²) in [4.78, 5) is 8.61. The van der Waals surface area contributed by atoms with Crippen LogP contribution in [-0.4, -0.2) is 45.6 Å². The Bertz CT molecular complexity index is 1160. The normalized spacial score (nSPS) is 11.4. The van der Waals surface area contributed by atoms with E-state index in [9.17, 15) is 17.2 Å². The molecule has 0 aliphatic carbocycles. The lowest BCUT2D eigenvalue weighted by Gasteiger charge is -2.23. The summed E-state index contributed by atoms with van der Waals surface area (Å²) < 4.78 is 55.6. The number of benzene rings is 1. The van der Waals surface area contributed by atoms with Gasteiger partial charge in [-0.2, -0.15) is 4.39 Å². The Labute approximate surface area is 187 Å². The molecule has 31 heavy (non-hydrogen) atoms. The molecule has 13 heteroatoms. The number of hydrogen-bond donors (Lipinski definition) is 3. The second-order valence-corrected chi connectivity index (χ2v) is 9.33. The van der Waals surface area contributed by atoms with E-state index in [0.717, 1.165) is 23.5 Å². The number of nitrogens with one attached hydrogen (secondary N) is 3. The molecule has 1 aromatic carbocycles. The maximum absolute atomic E-state index is 14.7. The summed E-state index contributed by atoms with van der Waals surface area (Å²) in [6, 6.07) is 3.19. The molecule has 8 nitrogen and oxygen atoms in total. The van der Waals surface area contributed by atoms with Crippen LogP contribution in [0.2, 0.25) is 5.02 Å². The second-order valence-electron chi connectivity index (χ2n) is 6.38. The Balaban J connectivity index is 1.91. The summed E-state index contributed by atoms with van der Waals surface area (Å²) >= 11 is 7.29. The Kier molecular flexibility index (Phi) is 7.26. The largest absolute Gasteiger partial charge is 0.371 e. The topological polar surface area (TPSA) is 99.2 Å². The van der Waals surface area contributed by atoms with E-state index in [1.807, 2.05) is 0 Å². The first kappa shape index (κ1) is 23.1. The highest BCUT2D eigenvalue weighted by Crippen LogP contribution is 2.34. The van der Waals surface area contributed by atoms with Crippen molar-refractivity contribution in [1.29, 1.82) is 0 Å². The lowest BCUT2D eigenvalue weighted by atomic mass is 10.2. The van der Waals surface area contributed by atoms with E-state index in [0.29, 0.717) is 24.5 Å². The molecule has 0 saturated carbocycles. The van der Waals surface area contributed by atoms with Gasteiger partial charge in [0.15, 0.2) is 5.13 Å². The fourth-order valence-electron chi connectivity index (χ4n) is 2.65. The maximum Gasteiger partial charge on any atom is 0.266 e. The Hall–Kier alpha value is -2.54. The van der Waals surface area contributed by atoms with Crippen LogP contribution in [0.25, 0.3) is 0 Å². The second kappa shape index (κ2) is 9.73. The van der Waals surface area contributed by atoms with Gasteiger partial charge in [0.05, 0.1) is 28.3 Å². The number of likely N-dealkylation sites (N-methyl/N-ethyl adjacent to an activating group) is 2. The number of thiazole rings is 1. The predicted molar refractivity (Wildman–Crippen MR) is 119 cm³/mol. The Morgan fingerprint density at radius 3 is 2.65 bits per heavy atom. The number of sulfonamides is 1. The fraction of sp³-hybridized carbons (Fsp3) is 0.222. The van der Waals surface area contributed by atoms with Crippen molar-refractivity contribution in [2.24, 2.45) is 0 Å². The Morgan fingerprint density at radius 1 is 1.19 bits per heavy atom. The zero-order chi connectivity index (χ0) is 22.6. The minimum Gasteiger partial charge on any atom is -0.371 e. The number of nitrogens with zero attached hydrogens (tertiary/aromatic N) is 3. The first-order chi connectivity index (χ1) is 14.7. The molecule has 0 amide bonds. The van der Waals surface area contributed by atoms with Crippen molar-refractivity contribution >= 4 is 55.2 Å². The van der Waals surface area contributed by atoms with Crippen LogP contribution >= 0.6 is 22.9 Å². The predicted octanol–water partition coefficient (Wildman–Crippen LogP) is 3.67. The van der Waals surface area contributed by atoms with Crippen LogP contribution in [-0.2, 0) is 10.0 Å². The van der Waals surface area contributed by atoms with E-state index in [4.69, 9.17) is 11.6 Å². The first-order valence-corrected chi connectivity index (χ1v) is 11.6. The van der Waals surface area contributed by atoms with Crippen molar-refractivity contribution in [3.05, 3.63) is 52.8 Å². The zero-order valence-electron chi connectivity index (χ0n) is 16.5. The maximum atomic E-state index is 14.7. The molecule has 0 aliphatic heterocycles. The van der Waals surface area contributed by atoms with Crippen LogP contribution in [0.5, 0.6) is 0 Å². The molecule has 2 heterocycles. The number of anilines is 4. The van der Waals surface area contributed by atoms with Crippen LogP contribution in [0.15, 0.2) is 40.9 Å². The number of halogens is 3. The third-order valence-electron chi connectivity index (χ3n) is 4.19. The van der Waals surface area contributed by atoms with E-state index in [-0.39, 0.29) is 15.8 Å². The van der Waals surface area contributed by atoms with Gasteiger partial charge < -0.3 is 15.5 Å². The molecule has 3 N–H and O–H groups in total. The number of hydrogen-bond acceptors (Lipinski definition) is 8. The first-order valence-electron chi connectivity index (χ1n) is 8.91. The van der Waals surface area contributed by atoms with E-state index < -0.39 is 26.7 Å². The standard InChI is InChI=1S/C18H19ClF2N6O2S2/c1-22-3-5-27(2)15-9-17(21)24-10-14(15)25-13-8-12(20)16(7-11(13)19)31(28,29)26-18-23-4-6-30-18/h4,6-10,22,25H,3,5H2,1-2H3,(H,23,26). The van der Waals surface area contributed by atoms with Crippen molar-refractivity contribution < 1.29 is 17.2 Å². The average Bonchev–Trinajstić information content (AvgIpc) is 3.22. The minimum absolute atomic E-state index is 0.0472. The van der Waals surface area contributed by atoms with Gasteiger partial charge in [-0.1, -0.05) is 11.6 Å². The molecule has 0 atom stereocenters. The average molecular weight is 489 g/mol. The molecule has 0 spiro atoms. The summed E-state index contributed by atoms with van der Waals surface area (Å²) in [5.41, 5.74) is 0.947. The number of pyridine rings is 1.